The molecule has 8 nitrogen and oxygen atoms in total. The zero-order valence-electron chi connectivity index (χ0n) is 13.3. The highest BCUT2D eigenvalue weighted by atomic mass is 16.5. The first-order chi connectivity index (χ1) is 11.6. The second kappa shape index (κ2) is 11.2. The second-order valence-electron chi connectivity index (χ2n) is 4.62. The quantitative estimate of drug-likeness (QED) is 0.323. The van der Waals surface area contributed by atoms with Crippen LogP contribution in [0.15, 0.2) is 36.7 Å². The monoisotopic (exact) mass is 338 g/mol. The van der Waals surface area contributed by atoms with E-state index in [4.69, 9.17) is 19.7 Å². The van der Waals surface area contributed by atoms with Gasteiger partial charge in [-0.15, -0.1) is 0 Å². The van der Waals surface area contributed by atoms with E-state index < -0.39 is 5.91 Å². The fourth-order valence-electron chi connectivity index (χ4n) is 1.71. The topological polar surface area (TPSA) is 117 Å². The van der Waals surface area contributed by atoms with E-state index in [1.165, 1.54) is 6.07 Å². The van der Waals surface area contributed by atoms with Gasteiger partial charge in [-0.25, -0.2) is 0 Å². The molecule has 1 aromatic carbocycles. The van der Waals surface area contributed by atoms with Crippen LogP contribution in [-0.4, -0.2) is 61.6 Å². The van der Waals surface area contributed by atoms with Crippen molar-refractivity contribution in [2.75, 3.05) is 39.6 Å². The molecule has 1 aromatic rings. The van der Waals surface area contributed by atoms with Crippen molar-refractivity contribution in [3.63, 3.8) is 0 Å². The first-order valence-corrected chi connectivity index (χ1v) is 7.39. The van der Waals surface area contributed by atoms with Crippen LogP contribution in [-0.2, 0) is 9.47 Å². The molecule has 0 saturated carbocycles. The number of carbonyl (C=O) groups excluding carboxylic acids is 2. The number of aliphatic hydroxyl groups excluding tert-OH is 2. The molecular formula is C16H22N2O6. The van der Waals surface area contributed by atoms with Crippen molar-refractivity contribution < 1.29 is 29.3 Å². The summed E-state index contributed by atoms with van der Waals surface area (Å²) in [6, 6.07) is 6.16. The molecule has 0 heterocycles. The number of ether oxygens (including phenoxy) is 2. The number of amides is 2. The van der Waals surface area contributed by atoms with E-state index in [2.05, 4.69) is 17.2 Å². The minimum Gasteiger partial charge on any atom is -0.477 e. The van der Waals surface area contributed by atoms with E-state index in [1.54, 1.807) is 18.2 Å². The van der Waals surface area contributed by atoms with Crippen LogP contribution in [0.1, 0.15) is 20.7 Å². The van der Waals surface area contributed by atoms with Crippen molar-refractivity contribution in [3.05, 3.63) is 47.9 Å². The molecule has 0 fully saturated rings. The van der Waals surface area contributed by atoms with Gasteiger partial charge < -0.3 is 25.0 Å². The average Bonchev–Trinajstić information content (AvgIpc) is 2.59. The van der Waals surface area contributed by atoms with E-state index in [9.17, 15) is 9.59 Å². The Labute approximate surface area is 140 Å². The number of hydrogen-bond acceptors (Lipinski definition) is 6. The van der Waals surface area contributed by atoms with Gasteiger partial charge in [0.15, 0.2) is 5.88 Å². The number of aliphatic hydroxyl groups is 2. The van der Waals surface area contributed by atoms with Crippen LogP contribution in [0, 0.1) is 0 Å². The number of rotatable bonds is 11. The molecule has 24 heavy (non-hydrogen) atoms. The van der Waals surface area contributed by atoms with E-state index in [0.717, 1.165) is 0 Å². The smallest absolute Gasteiger partial charge is 0.257 e. The van der Waals surface area contributed by atoms with Crippen LogP contribution in [0.4, 0.5) is 0 Å². The molecule has 0 atom stereocenters. The first-order valence-electron chi connectivity index (χ1n) is 7.39. The van der Waals surface area contributed by atoms with Gasteiger partial charge in [0.1, 0.15) is 6.61 Å². The van der Waals surface area contributed by atoms with Crippen molar-refractivity contribution in [1.82, 2.24) is 10.6 Å². The SMILES string of the molecule is C=C(NC(=O)c1cccc(C(=O)NCCOCCO)c1)OCCO. The maximum atomic E-state index is 12.0. The summed E-state index contributed by atoms with van der Waals surface area (Å²) >= 11 is 0. The second-order valence-corrected chi connectivity index (χ2v) is 4.62. The van der Waals surface area contributed by atoms with Crippen LogP contribution in [0.5, 0.6) is 0 Å². The summed E-state index contributed by atoms with van der Waals surface area (Å²) in [4.78, 5) is 24.0. The molecular weight excluding hydrogens is 316 g/mol. The predicted molar refractivity (Wildman–Crippen MR) is 86.3 cm³/mol. The third-order valence-corrected chi connectivity index (χ3v) is 2.78. The largest absolute Gasteiger partial charge is 0.477 e. The molecule has 2 amide bonds. The van der Waals surface area contributed by atoms with Gasteiger partial charge in [0.25, 0.3) is 11.8 Å². The Morgan fingerprint density at radius 3 is 2.38 bits per heavy atom. The molecule has 0 aliphatic rings. The lowest BCUT2D eigenvalue weighted by molar-refractivity contribution is 0.0838. The summed E-state index contributed by atoms with van der Waals surface area (Å²) in [5.41, 5.74) is 0.597. The molecule has 8 heteroatoms. The van der Waals surface area contributed by atoms with E-state index >= 15 is 0 Å². The highest BCUT2D eigenvalue weighted by Crippen LogP contribution is 2.06. The highest BCUT2D eigenvalue weighted by Gasteiger charge is 2.11. The Morgan fingerprint density at radius 2 is 1.71 bits per heavy atom. The predicted octanol–water partition coefficient (Wildman–Crippen LogP) is -0.365. The van der Waals surface area contributed by atoms with E-state index in [1.807, 2.05) is 0 Å². The van der Waals surface area contributed by atoms with Gasteiger partial charge in [-0.1, -0.05) is 6.07 Å². The lowest BCUT2D eigenvalue weighted by Crippen LogP contribution is -2.28. The maximum Gasteiger partial charge on any atom is 0.257 e. The first kappa shape index (κ1) is 19.6. The van der Waals surface area contributed by atoms with Gasteiger partial charge >= 0.3 is 0 Å². The molecule has 0 aromatic heterocycles. The summed E-state index contributed by atoms with van der Waals surface area (Å²) in [6.45, 7) is 4.07. The van der Waals surface area contributed by atoms with E-state index in [-0.39, 0.29) is 50.4 Å². The summed E-state index contributed by atoms with van der Waals surface area (Å²) in [5.74, 6) is -0.795. The third kappa shape index (κ3) is 7.23. The lowest BCUT2D eigenvalue weighted by Gasteiger charge is -2.10. The molecule has 0 bridgehead atoms. The van der Waals surface area contributed by atoms with Crippen molar-refractivity contribution in [1.29, 1.82) is 0 Å². The van der Waals surface area contributed by atoms with Crippen molar-refractivity contribution >= 4 is 11.8 Å². The Balaban J connectivity index is 2.54. The van der Waals surface area contributed by atoms with Gasteiger partial charge in [-0.2, -0.15) is 0 Å². The molecule has 132 valence electrons. The van der Waals surface area contributed by atoms with Crippen LogP contribution < -0.4 is 10.6 Å². The minimum atomic E-state index is -0.473. The van der Waals surface area contributed by atoms with Crippen LogP contribution in [0.2, 0.25) is 0 Å². The van der Waals surface area contributed by atoms with Crippen LogP contribution in [0.25, 0.3) is 0 Å². The summed E-state index contributed by atoms with van der Waals surface area (Å²) in [7, 11) is 0. The fraction of sp³-hybridized carbons (Fsp3) is 0.375. The zero-order chi connectivity index (χ0) is 17.8. The molecule has 0 aliphatic carbocycles. The van der Waals surface area contributed by atoms with Crippen LogP contribution in [0.3, 0.4) is 0 Å². The number of benzene rings is 1. The maximum absolute atomic E-state index is 12.0. The standard InChI is InChI=1S/C16H22N2O6/c1-12(24-10-7-20)18-16(22)14-4-2-3-13(11-14)15(21)17-5-8-23-9-6-19/h2-4,11,19-20H,1,5-10H2,(H,17,21)(H,18,22). The zero-order valence-corrected chi connectivity index (χ0v) is 13.3. The number of carbonyl (C=O) groups is 2. The Kier molecular flexibility index (Phi) is 9.13. The van der Waals surface area contributed by atoms with Gasteiger partial charge in [-0.3, -0.25) is 14.9 Å². The number of nitrogens with one attached hydrogen (secondary N) is 2. The van der Waals surface area contributed by atoms with Crippen molar-refractivity contribution in [2.45, 2.75) is 0 Å². The molecule has 0 radical (unpaired) electrons. The number of hydrogen-bond donors (Lipinski definition) is 4. The third-order valence-electron chi connectivity index (χ3n) is 2.78. The molecule has 0 unspecified atom stereocenters. The minimum absolute atomic E-state index is 0.0185. The molecule has 0 spiro atoms. The Bertz CT molecular complexity index is 561. The summed E-state index contributed by atoms with van der Waals surface area (Å²) in [5, 5.41) is 22.3. The summed E-state index contributed by atoms with van der Waals surface area (Å²) < 4.78 is 10.00. The van der Waals surface area contributed by atoms with Gasteiger partial charge in [-0.05, 0) is 24.8 Å². The lowest BCUT2D eigenvalue weighted by atomic mass is 10.1. The van der Waals surface area contributed by atoms with Crippen LogP contribution >= 0.6 is 0 Å². The van der Waals surface area contributed by atoms with Crippen molar-refractivity contribution in [3.8, 4) is 0 Å². The van der Waals surface area contributed by atoms with E-state index in [0.29, 0.717) is 12.1 Å². The molecule has 0 saturated heterocycles. The fourth-order valence-corrected chi connectivity index (χ4v) is 1.71. The molecule has 0 aliphatic heterocycles. The average molecular weight is 338 g/mol. The highest BCUT2D eigenvalue weighted by molar-refractivity contribution is 6.00. The van der Waals surface area contributed by atoms with Gasteiger partial charge in [0, 0.05) is 17.7 Å². The van der Waals surface area contributed by atoms with Gasteiger partial charge in [0.2, 0.25) is 0 Å². The normalized spacial score (nSPS) is 10.1. The van der Waals surface area contributed by atoms with Crippen molar-refractivity contribution in [2.24, 2.45) is 0 Å². The van der Waals surface area contributed by atoms with Gasteiger partial charge in [0.05, 0.1) is 26.4 Å². The summed E-state index contributed by atoms with van der Waals surface area (Å²) in [6.07, 6.45) is 0. The molecule has 1 rings (SSSR count). The molecule has 4 N–H and O–H groups in total. The Morgan fingerprint density at radius 1 is 1.04 bits per heavy atom. The Hall–Kier alpha value is -2.42.